The van der Waals surface area contributed by atoms with E-state index in [0.29, 0.717) is 17.9 Å². The Morgan fingerprint density at radius 3 is 2.00 bits per heavy atom. The monoisotopic (exact) mass is 487 g/mol. The quantitative estimate of drug-likeness (QED) is 0.471. The van der Waals surface area contributed by atoms with Crippen molar-refractivity contribution in [2.75, 3.05) is 18.0 Å². The first-order valence-electron chi connectivity index (χ1n) is 10.4. The van der Waals surface area contributed by atoms with Gasteiger partial charge < -0.3 is 4.74 Å². The molecule has 9 heteroatoms. The smallest absolute Gasteiger partial charge is 0.297 e. The van der Waals surface area contributed by atoms with Crippen LogP contribution in [-0.4, -0.2) is 36.6 Å². The lowest BCUT2D eigenvalue weighted by Crippen LogP contribution is -2.41. The average Bonchev–Trinajstić information content (AvgIpc) is 3.16. The molecule has 3 aromatic carbocycles. The first-order chi connectivity index (χ1) is 15.6. The number of sulfonamides is 1. The van der Waals surface area contributed by atoms with E-state index >= 15 is 0 Å². The predicted molar refractivity (Wildman–Crippen MR) is 126 cm³/mol. The topological polar surface area (TPSA) is 90.0 Å². The van der Waals surface area contributed by atoms with Gasteiger partial charge in [0.05, 0.1) is 35.2 Å². The Labute approximate surface area is 194 Å². The molecule has 0 bridgehead atoms. The van der Waals surface area contributed by atoms with E-state index in [1.807, 2.05) is 13.8 Å². The Kier molecular flexibility index (Phi) is 6.22. The van der Waals surface area contributed by atoms with Crippen molar-refractivity contribution in [3.63, 3.8) is 0 Å². The number of benzene rings is 3. The first-order valence-corrected chi connectivity index (χ1v) is 13.2. The van der Waals surface area contributed by atoms with Crippen LogP contribution in [0.15, 0.2) is 76.5 Å². The summed E-state index contributed by atoms with van der Waals surface area (Å²) in [7, 11) is -6.47. The highest BCUT2D eigenvalue weighted by Gasteiger charge is 2.39. The van der Waals surface area contributed by atoms with Crippen molar-refractivity contribution in [3.8, 4) is 5.75 Å². The molecule has 1 atom stereocenters. The molecule has 1 aliphatic heterocycles. The molecule has 0 fully saturated rings. The second kappa shape index (κ2) is 8.81. The Bertz CT molecular complexity index is 1370. The maximum Gasteiger partial charge on any atom is 0.297 e. The van der Waals surface area contributed by atoms with Gasteiger partial charge in [-0.3, -0.25) is 8.49 Å². The Morgan fingerprint density at radius 1 is 0.848 bits per heavy atom. The van der Waals surface area contributed by atoms with Gasteiger partial charge in [0.15, 0.2) is 0 Å². The Balaban J connectivity index is 1.68. The standard InChI is InChI=1S/C24H25NO6S2/c1-17-4-9-22(10-5-17)32(26,27)25-20(14-19-15-21(30-3)8-13-24(19)25)16-31-33(28,29)23-11-6-18(2)7-12-23/h4-13,15,20H,14,16H2,1-3H3. The maximum atomic E-state index is 13.6. The predicted octanol–water partition coefficient (Wildman–Crippen LogP) is 3.84. The molecule has 3 aromatic rings. The van der Waals surface area contributed by atoms with Crippen LogP contribution in [0.25, 0.3) is 0 Å². The van der Waals surface area contributed by atoms with Crippen molar-refractivity contribution in [2.45, 2.75) is 36.1 Å². The fourth-order valence-electron chi connectivity index (χ4n) is 3.82. The SMILES string of the molecule is COc1ccc2c(c1)CC(COS(=O)(=O)c1ccc(C)cc1)N2S(=O)(=O)c1ccc(C)cc1. The molecule has 0 radical (unpaired) electrons. The summed E-state index contributed by atoms with van der Waals surface area (Å²) in [5, 5.41) is 0. The summed E-state index contributed by atoms with van der Waals surface area (Å²) in [5.41, 5.74) is 3.08. The third kappa shape index (κ3) is 4.62. The van der Waals surface area contributed by atoms with Crippen molar-refractivity contribution >= 4 is 25.8 Å². The molecule has 4 rings (SSSR count). The van der Waals surface area contributed by atoms with Crippen LogP contribution in [0.2, 0.25) is 0 Å². The van der Waals surface area contributed by atoms with E-state index in [0.717, 1.165) is 16.7 Å². The van der Waals surface area contributed by atoms with Gasteiger partial charge in [-0.15, -0.1) is 0 Å². The van der Waals surface area contributed by atoms with Crippen molar-refractivity contribution in [3.05, 3.63) is 83.4 Å². The van der Waals surface area contributed by atoms with Gasteiger partial charge in [-0.2, -0.15) is 8.42 Å². The molecule has 1 heterocycles. The molecule has 7 nitrogen and oxygen atoms in total. The van der Waals surface area contributed by atoms with Gasteiger partial charge in [-0.25, -0.2) is 8.42 Å². The zero-order valence-electron chi connectivity index (χ0n) is 18.6. The molecule has 0 amide bonds. The number of nitrogens with zero attached hydrogens (tertiary/aromatic N) is 1. The van der Waals surface area contributed by atoms with Crippen molar-refractivity contribution < 1.29 is 25.8 Å². The number of hydrogen-bond acceptors (Lipinski definition) is 6. The number of ether oxygens (including phenoxy) is 1. The van der Waals surface area contributed by atoms with Crippen LogP contribution in [0.1, 0.15) is 16.7 Å². The van der Waals surface area contributed by atoms with E-state index < -0.39 is 26.2 Å². The number of anilines is 1. The van der Waals surface area contributed by atoms with Gasteiger partial charge in [0, 0.05) is 0 Å². The van der Waals surface area contributed by atoms with Crippen LogP contribution >= 0.6 is 0 Å². The molecule has 0 saturated heterocycles. The summed E-state index contributed by atoms with van der Waals surface area (Å²) in [5.74, 6) is 0.593. The largest absolute Gasteiger partial charge is 0.497 e. The van der Waals surface area contributed by atoms with Crippen molar-refractivity contribution in [2.24, 2.45) is 0 Å². The molecular weight excluding hydrogens is 462 g/mol. The molecule has 33 heavy (non-hydrogen) atoms. The lowest BCUT2D eigenvalue weighted by atomic mass is 10.1. The zero-order chi connectivity index (χ0) is 23.8. The summed E-state index contributed by atoms with van der Waals surface area (Å²) in [4.78, 5) is 0.154. The van der Waals surface area contributed by atoms with E-state index in [9.17, 15) is 16.8 Å². The Morgan fingerprint density at radius 2 is 1.42 bits per heavy atom. The van der Waals surface area contributed by atoms with Crippen molar-refractivity contribution in [1.82, 2.24) is 0 Å². The normalized spacial score (nSPS) is 16.0. The maximum absolute atomic E-state index is 13.6. The van der Waals surface area contributed by atoms with Crippen LogP contribution in [-0.2, 0) is 30.7 Å². The molecular formula is C24H25NO6S2. The van der Waals surface area contributed by atoms with Crippen LogP contribution < -0.4 is 9.04 Å². The third-order valence-corrected chi connectivity index (χ3v) is 8.79. The number of methoxy groups -OCH3 is 1. The van der Waals surface area contributed by atoms with E-state index in [2.05, 4.69) is 0 Å². The van der Waals surface area contributed by atoms with Crippen molar-refractivity contribution in [1.29, 1.82) is 0 Å². The summed E-state index contributed by atoms with van der Waals surface area (Å²) in [6.07, 6.45) is 0.293. The van der Waals surface area contributed by atoms with E-state index in [-0.39, 0.29) is 16.4 Å². The lowest BCUT2D eigenvalue weighted by molar-refractivity contribution is 0.295. The van der Waals surface area contributed by atoms with Crippen LogP contribution in [0.4, 0.5) is 5.69 Å². The van der Waals surface area contributed by atoms with Crippen LogP contribution in [0, 0.1) is 13.8 Å². The summed E-state index contributed by atoms with van der Waals surface area (Å²) in [6, 6.07) is 17.2. The number of aryl methyl sites for hydroxylation is 2. The minimum Gasteiger partial charge on any atom is -0.497 e. The highest BCUT2D eigenvalue weighted by molar-refractivity contribution is 7.93. The van der Waals surface area contributed by atoms with E-state index in [1.165, 1.54) is 23.5 Å². The first kappa shape index (κ1) is 23.3. The fourth-order valence-corrected chi connectivity index (χ4v) is 6.43. The van der Waals surface area contributed by atoms with Gasteiger partial charge in [0.1, 0.15) is 5.75 Å². The third-order valence-electron chi connectivity index (χ3n) is 5.61. The highest BCUT2D eigenvalue weighted by atomic mass is 32.2. The number of hydrogen-bond donors (Lipinski definition) is 0. The van der Waals surface area contributed by atoms with Crippen LogP contribution in [0.5, 0.6) is 5.75 Å². The second-order valence-electron chi connectivity index (χ2n) is 8.02. The lowest BCUT2D eigenvalue weighted by Gasteiger charge is -2.27. The molecule has 0 aliphatic carbocycles. The molecule has 0 aromatic heterocycles. The number of rotatable bonds is 7. The molecule has 174 valence electrons. The zero-order valence-corrected chi connectivity index (χ0v) is 20.2. The van der Waals surface area contributed by atoms with E-state index in [4.69, 9.17) is 8.92 Å². The molecule has 0 spiro atoms. The highest BCUT2D eigenvalue weighted by Crippen LogP contribution is 2.39. The summed E-state index contributed by atoms with van der Waals surface area (Å²) < 4.78 is 64.5. The summed E-state index contributed by atoms with van der Waals surface area (Å²) >= 11 is 0. The van der Waals surface area contributed by atoms with Gasteiger partial charge >= 0.3 is 0 Å². The second-order valence-corrected chi connectivity index (χ2v) is 11.4. The molecule has 0 saturated carbocycles. The van der Waals surface area contributed by atoms with E-state index in [1.54, 1.807) is 54.6 Å². The van der Waals surface area contributed by atoms with Gasteiger partial charge in [-0.05, 0) is 68.3 Å². The van der Waals surface area contributed by atoms with Gasteiger partial charge in [-0.1, -0.05) is 35.4 Å². The van der Waals surface area contributed by atoms with Gasteiger partial charge in [0.25, 0.3) is 20.1 Å². The summed E-state index contributed by atoms with van der Waals surface area (Å²) in [6.45, 7) is 3.41. The number of fused-ring (bicyclic) bond motifs is 1. The fraction of sp³-hybridized carbons (Fsp3) is 0.250. The molecule has 0 N–H and O–H groups in total. The molecule has 1 aliphatic rings. The average molecular weight is 488 g/mol. The Hall–Kier alpha value is -2.88. The van der Waals surface area contributed by atoms with Crippen LogP contribution in [0.3, 0.4) is 0 Å². The minimum atomic E-state index is -4.05. The molecule has 1 unspecified atom stereocenters. The minimum absolute atomic E-state index is 0.0261. The van der Waals surface area contributed by atoms with Gasteiger partial charge in [0.2, 0.25) is 0 Å².